The van der Waals surface area contributed by atoms with Crippen molar-refractivity contribution in [2.24, 2.45) is 0 Å². The fourth-order valence-electron chi connectivity index (χ4n) is 6.24. The van der Waals surface area contributed by atoms with Gasteiger partial charge in [0.25, 0.3) is 0 Å². The standard InChI is InChI=1S/C38H48O4/c1-5-6-7-8-29-13-14-34(26-35(29)21-23-42-38(40)27(2)3)31-11-9-30(10-12-31)33-17-20-37(28(4)25-33)32-15-18-36(19-16-32)41-24-22-39/h13-20,25-26,30-31,39H,2,5-12,21-24H2,1,3-4H3. The van der Waals surface area contributed by atoms with Crippen LogP contribution in [0, 0.1) is 6.92 Å². The van der Waals surface area contributed by atoms with Crippen molar-refractivity contribution in [1.29, 1.82) is 0 Å². The van der Waals surface area contributed by atoms with Gasteiger partial charge in [0.05, 0.1) is 13.2 Å². The fourth-order valence-corrected chi connectivity index (χ4v) is 6.24. The van der Waals surface area contributed by atoms with E-state index in [0.29, 0.717) is 30.6 Å². The van der Waals surface area contributed by atoms with E-state index < -0.39 is 0 Å². The summed E-state index contributed by atoms with van der Waals surface area (Å²) in [6.07, 6.45) is 10.3. The van der Waals surface area contributed by atoms with Gasteiger partial charge in [-0.1, -0.05) is 74.9 Å². The minimum Gasteiger partial charge on any atom is -0.491 e. The maximum absolute atomic E-state index is 11.9. The molecule has 1 aliphatic rings. The molecule has 42 heavy (non-hydrogen) atoms. The lowest BCUT2D eigenvalue weighted by Crippen LogP contribution is -2.13. The molecule has 4 nitrogen and oxygen atoms in total. The van der Waals surface area contributed by atoms with E-state index in [0.717, 1.165) is 18.6 Å². The Bertz CT molecular complexity index is 1320. The van der Waals surface area contributed by atoms with Gasteiger partial charge in [-0.2, -0.15) is 0 Å². The Balaban J connectivity index is 1.39. The van der Waals surface area contributed by atoms with Crippen LogP contribution in [0.5, 0.6) is 5.75 Å². The summed E-state index contributed by atoms with van der Waals surface area (Å²) in [6, 6.07) is 22.2. The third-order valence-electron chi connectivity index (χ3n) is 8.68. The van der Waals surface area contributed by atoms with Crippen molar-refractivity contribution < 1.29 is 19.4 Å². The predicted octanol–water partition coefficient (Wildman–Crippen LogP) is 8.87. The highest BCUT2D eigenvalue weighted by molar-refractivity contribution is 5.86. The fraction of sp³-hybridized carbons (Fsp3) is 0.447. The van der Waals surface area contributed by atoms with Crippen LogP contribution in [0.15, 0.2) is 72.8 Å². The van der Waals surface area contributed by atoms with E-state index in [-0.39, 0.29) is 12.6 Å². The predicted molar refractivity (Wildman–Crippen MR) is 172 cm³/mol. The molecule has 0 bridgehead atoms. The van der Waals surface area contributed by atoms with Crippen LogP contribution in [-0.2, 0) is 22.4 Å². The van der Waals surface area contributed by atoms with Crippen LogP contribution in [0.25, 0.3) is 11.1 Å². The number of rotatable bonds is 14. The topological polar surface area (TPSA) is 55.8 Å². The van der Waals surface area contributed by atoms with Gasteiger partial charge in [0.2, 0.25) is 0 Å². The number of benzene rings is 3. The van der Waals surface area contributed by atoms with Crippen molar-refractivity contribution in [3.05, 3.63) is 101 Å². The lowest BCUT2D eigenvalue weighted by atomic mass is 9.75. The highest BCUT2D eigenvalue weighted by Gasteiger charge is 2.24. The van der Waals surface area contributed by atoms with Gasteiger partial charge in [-0.05, 0) is 115 Å². The number of ether oxygens (including phenoxy) is 2. The van der Waals surface area contributed by atoms with Crippen molar-refractivity contribution in [3.63, 3.8) is 0 Å². The molecule has 0 amide bonds. The molecule has 4 rings (SSSR count). The third-order valence-corrected chi connectivity index (χ3v) is 8.68. The average Bonchev–Trinajstić information content (AvgIpc) is 3.01. The molecule has 1 aliphatic carbocycles. The maximum Gasteiger partial charge on any atom is 0.333 e. The molecule has 1 N–H and O–H groups in total. The monoisotopic (exact) mass is 568 g/mol. The summed E-state index contributed by atoms with van der Waals surface area (Å²) in [4.78, 5) is 11.9. The molecular formula is C38H48O4. The van der Waals surface area contributed by atoms with Gasteiger partial charge in [0.1, 0.15) is 12.4 Å². The third kappa shape index (κ3) is 8.58. The number of carbonyl (C=O) groups excluding carboxylic acids is 1. The first kappa shape index (κ1) is 31.6. The Labute approximate surface area is 252 Å². The number of aliphatic hydroxyl groups is 1. The van der Waals surface area contributed by atoms with E-state index >= 15 is 0 Å². The van der Waals surface area contributed by atoms with E-state index in [2.05, 4.69) is 69.0 Å². The van der Waals surface area contributed by atoms with Gasteiger partial charge in [-0.3, -0.25) is 0 Å². The number of esters is 1. The number of hydrogen-bond acceptors (Lipinski definition) is 4. The summed E-state index contributed by atoms with van der Waals surface area (Å²) < 4.78 is 11.0. The van der Waals surface area contributed by atoms with E-state index in [4.69, 9.17) is 14.6 Å². The van der Waals surface area contributed by atoms with Gasteiger partial charge >= 0.3 is 5.97 Å². The van der Waals surface area contributed by atoms with Crippen molar-refractivity contribution in [2.45, 2.75) is 90.4 Å². The summed E-state index contributed by atoms with van der Waals surface area (Å²) in [5.74, 6) is 1.65. The minimum atomic E-state index is -0.304. The van der Waals surface area contributed by atoms with E-state index in [1.807, 2.05) is 12.1 Å². The molecule has 3 aromatic rings. The summed E-state index contributed by atoms with van der Waals surface area (Å²) in [6.45, 7) is 10.6. The molecule has 1 saturated carbocycles. The van der Waals surface area contributed by atoms with Crippen molar-refractivity contribution in [3.8, 4) is 16.9 Å². The zero-order valence-corrected chi connectivity index (χ0v) is 25.8. The first-order chi connectivity index (χ1) is 20.4. The quantitative estimate of drug-likeness (QED) is 0.120. The van der Waals surface area contributed by atoms with Crippen molar-refractivity contribution in [2.75, 3.05) is 19.8 Å². The number of aliphatic hydroxyl groups excluding tert-OH is 1. The number of aryl methyl sites for hydroxylation is 2. The smallest absolute Gasteiger partial charge is 0.333 e. The Morgan fingerprint density at radius 3 is 2.14 bits per heavy atom. The molecule has 0 aliphatic heterocycles. The first-order valence-electron chi connectivity index (χ1n) is 15.8. The van der Waals surface area contributed by atoms with E-state index in [1.54, 1.807) is 6.92 Å². The summed E-state index contributed by atoms with van der Waals surface area (Å²) in [5, 5.41) is 8.97. The Kier molecular flexibility index (Phi) is 11.8. The van der Waals surface area contributed by atoms with Crippen LogP contribution in [0.2, 0.25) is 0 Å². The Morgan fingerprint density at radius 2 is 1.52 bits per heavy atom. The van der Waals surface area contributed by atoms with E-state index in [1.165, 1.54) is 83.9 Å². The Hall–Kier alpha value is -3.37. The minimum absolute atomic E-state index is 0.0193. The molecule has 0 atom stereocenters. The number of unbranched alkanes of at least 4 members (excludes halogenated alkanes) is 2. The normalized spacial score (nSPS) is 16.7. The van der Waals surface area contributed by atoms with Gasteiger partial charge in [-0.15, -0.1) is 0 Å². The van der Waals surface area contributed by atoms with E-state index in [9.17, 15) is 4.79 Å². The van der Waals surface area contributed by atoms with Crippen LogP contribution in [0.1, 0.15) is 98.4 Å². The van der Waals surface area contributed by atoms with Crippen LogP contribution in [-0.4, -0.2) is 30.9 Å². The molecule has 0 radical (unpaired) electrons. The van der Waals surface area contributed by atoms with Gasteiger partial charge in [0, 0.05) is 12.0 Å². The van der Waals surface area contributed by atoms with Crippen LogP contribution < -0.4 is 4.74 Å². The van der Waals surface area contributed by atoms with Crippen molar-refractivity contribution >= 4 is 5.97 Å². The lowest BCUT2D eigenvalue weighted by Gasteiger charge is -2.30. The second-order valence-corrected chi connectivity index (χ2v) is 11.9. The first-order valence-corrected chi connectivity index (χ1v) is 15.8. The second kappa shape index (κ2) is 15.7. The molecule has 0 aromatic heterocycles. The lowest BCUT2D eigenvalue weighted by molar-refractivity contribution is -0.138. The SMILES string of the molecule is C=C(C)C(=O)OCCc1cc(C2CCC(c3ccc(-c4ccc(OCCO)cc4)c(C)c3)CC2)ccc1CCCCC. The number of carbonyl (C=O) groups is 1. The molecular weight excluding hydrogens is 520 g/mol. The Morgan fingerprint density at radius 1 is 0.857 bits per heavy atom. The molecule has 4 heteroatoms. The van der Waals surface area contributed by atoms with Gasteiger partial charge in [0.15, 0.2) is 0 Å². The zero-order chi connectivity index (χ0) is 29.9. The molecule has 0 spiro atoms. The largest absolute Gasteiger partial charge is 0.491 e. The summed E-state index contributed by atoms with van der Waals surface area (Å²) in [7, 11) is 0. The molecule has 3 aromatic carbocycles. The average molecular weight is 569 g/mol. The molecule has 0 heterocycles. The molecule has 0 saturated heterocycles. The number of hydrogen-bond donors (Lipinski definition) is 1. The summed E-state index contributed by atoms with van der Waals surface area (Å²) in [5.41, 5.74) is 9.80. The molecule has 0 unspecified atom stereocenters. The second-order valence-electron chi connectivity index (χ2n) is 11.9. The van der Waals surface area contributed by atoms with Crippen LogP contribution in [0.4, 0.5) is 0 Å². The zero-order valence-electron chi connectivity index (χ0n) is 25.8. The molecule has 1 fully saturated rings. The highest BCUT2D eigenvalue weighted by Crippen LogP contribution is 2.42. The van der Waals surface area contributed by atoms with Crippen molar-refractivity contribution in [1.82, 2.24) is 0 Å². The maximum atomic E-state index is 11.9. The summed E-state index contributed by atoms with van der Waals surface area (Å²) >= 11 is 0. The van der Waals surface area contributed by atoms with Crippen LogP contribution >= 0.6 is 0 Å². The molecule has 224 valence electrons. The van der Waals surface area contributed by atoms with Gasteiger partial charge < -0.3 is 14.6 Å². The highest BCUT2D eigenvalue weighted by atomic mass is 16.5. The van der Waals surface area contributed by atoms with Gasteiger partial charge in [-0.25, -0.2) is 4.79 Å². The van der Waals surface area contributed by atoms with Crippen LogP contribution in [0.3, 0.4) is 0 Å².